The number of hydrogen-bond acceptors (Lipinski definition) is 4. The Morgan fingerprint density at radius 1 is 1.14 bits per heavy atom. The molecule has 1 aromatic carbocycles. The van der Waals surface area contributed by atoms with E-state index in [1.807, 2.05) is 30.3 Å². The first kappa shape index (κ1) is 23.5. The average molecular weight is 392 g/mol. The maximum absolute atomic E-state index is 12.4. The number of carboxylic acid groups (broad SMARTS) is 1. The highest BCUT2D eigenvalue weighted by atomic mass is 16.6. The fourth-order valence-electron chi connectivity index (χ4n) is 2.65. The third-order valence-electron chi connectivity index (χ3n) is 4.11. The number of alkyl carbamates (subject to hydrolysis) is 1. The number of amides is 2. The number of unbranched alkanes of at least 4 members (excludes halogenated alkanes) is 1. The van der Waals surface area contributed by atoms with Gasteiger partial charge in [0.1, 0.15) is 5.60 Å². The largest absolute Gasteiger partial charge is 0.481 e. The van der Waals surface area contributed by atoms with Crippen molar-refractivity contribution in [3.05, 3.63) is 35.9 Å². The third kappa shape index (κ3) is 9.94. The summed E-state index contributed by atoms with van der Waals surface area (Å²) in [5, 5.41) is 12.1. The first-order valence-corrected chi connectivity index (χ1v) is 9.56. The van der Waals surface area contributed by atoms with Crippen LogP contribution in [0.3, 0.4) is 0 Å². The molecule has 0 aliphatic rings. The number of nitrogens with zero attached hydrogens (tertiary/aromatic N) is 1. The van der Waals surface area contributed by atoms with E-state index in [1.54, 1.807) is 32.7 Å². The lowest BCUT2D eigenvalue weighted by atomic mass is 9.97. The number of benzene rings is 1. The van der Waals surface area contributed by atoms with Crippen LogP contribution in [0.2, 0.25) is 0 Å². The highest BCUT2D eigenvalue weighted by Gasteiger charge is 2.23. The fraction of sp³-hybridized carbons (Fsp3) is 0.571. The summed E-state index contributed by atoms with van der Waals surface area (Å²) in [6.45, 7) is 6.22. The number of carboxylic acids is 1. The lowest BCUT2D eigenvalue weighted by Gasteiger charge is -2.20. The van der Waals surface area contributed by atoms with Crippen LogP contribution < -0.4 is 5.32 Å². The highest BCUT2D eigenvalue weighted by molar-refractivity contribution is 5.82. The molecule has 2 N–H and O–H groups in total. The summed E-state index contributed by atoms with van der Waals surface area (Å²) in [6.07, 6.45) is 1.09. The predicted molar refractivity (Wildman–Crippen MR) is 107 cm³/mol. The standard InChI is InChI=1S/C21H32N2O5/c1-21(2,3)28-20(27)22-13-9-8-12-17(19(25)26)14-18(24)23(4)15-16-10-6-5-7-11-16/h5-7,10-11,17H,8-9,12-15H2,1-4H3,(H,22,27)(H,25,26)/t17-/m1/s1. The van der Waals surface area contributed by atoms with Gasteiger partial charge >= 0.3 is 12.1 Å². The minimum absolute atomic E-state index is 0.0296. The Bertz CT molecular complexity index is 640. The molecule has 0 aliphatic heterocycles. The van der Waals surface area contributed by atoms with Crippen LogP contribution in [0.25, 0.3) is 0 Å². The molecule has 0 bridgehead atoms. The van der Waals surface area contributed by atoms with Gasteiger partial charge in [-0.05, 0) is 39.2 Å². The lowest BCUT2D eigenvalue weighted by molar-refractivity contribution is -0.146. The van der Waals surface area contributed by atoms with Crippen molar-refractivity contribution in [2.45, 2.75) is 58.6 Å². The van der Waals surface area contributed by atoms with Crippen LogP contribution >= 0.6 is 0 Å². The maximum Gasteiger partial charge on any atom is 0.407 e. The lowest BCUT2D eigenvalue weighted by Crippen LogP contribution is -2.33. The second-order valence-corrected chi connectivity index (χ2v) is 7.90. The van der Waals surface area contributed by atoms with Crippen molar-refractivity contribution in [2.24, 2.45) is 5.92 Å². The SMILES string of the molecule is CN(Cc1ccccc1)C(=O)C[C@@H](CCCCNC(=O)OC(C)(C)C)C(=O)O. The Morgan fingerprint density at radius 2 is 1.79 bits per heavy atom. The number of rotatable bonds is 10. The van der Waals surface area contributed by atoms with Crippen molar-refractivity contribution in [1.82, 2.24) is 10.2 Å². The first-order chi connectivity index (χ1) is 13.1. The van der Waals surface area contributed by atoms with E-state index in [0.717, 1.165) is 5.56 Å². The van der Waals surface area contributed by atoms with E-state index in [1.165, 1.54) is 0 Å². The molecule has 7 nitrogen and oxygen atoms in total. The Labute approximate surface area is 167 Å². The molecule has 0 aromatic heterocycles. The van der Waals surface area contributed by atoms with E-state index in [2.05, 4.69) is 5.32 Å². The van der Waals surface area contributed by atoms with Crippen LogP contribution in [-0.2, 0) is 20.9 Å². The van der Waals surface area contributed by atoms with Crippen molar-refractivity contribution >= 4 is 18.0 Å². The molecule has 1 rings (SSSR count). The van der Waals surface area contributed by atoms with E-state index < -0.39 is 23.6 Å². The van der Waals surface area contributed by atoms with Gasteiger partial charge in [0.15, 0.2) is 0 Å². The van der Waals surface area contributed by atoms with Crippen molar-refractivity contribution in [3.63, 3.8) is 0 Å². The Morgan fingerprint density at radius 3 is 2.36 bits per heavy atom. The molecule has 1 aromatic rings. The van der Waals surface area contributed by atoms with Gasteiger partial charge < -0.3 is 20.1 Å². The molecule has 2 amide bonds. The molecule has 0 aliphatic carbocycles. The van der Waals surface area contributed by atoms with E-state index >= 15 is 0 Å². The quantitative estimate of drug-likeness (QED) is 0.595. The number of aliphatic carboxylic acids is 1. The van der Waals surface area contributed by atoms with Crippen molar-refractivity contribution in [1.29, 1.82) is 0 Å². The van der Waals surface area contributed by atoms with Gasteiger partial charge in [-0.1, -0.05) is 36.8 Å². The third-order valence-corrected chi connectivity index (χ3v) is 4.11. The molecule has 1 atom stereocenters. The molecular formula is C21H32N2O5. The summed E-state index contributed by atoms with van der Waals surface area (Å²) in [4.78, 5) is 37.0. The molecule has 0 spiro atoms. The first-order valence-electron chi connectivity index (χ1n) is 9.56. The van der Waals surface area contributed by atoms with E-state index in [-0.39, 0.29) is 12.3 Å². The van der Waals surface area contributed by atoms with Gasteiger partial charge in [0, 0.05) is 26.6 Å². The number of nitrogens with one attached hydrogen (secondary N) is 1. The molecular weight excluding hydrogens is 360 g/mol. The van der Waals surface area contributed by atoms with Crippen LogP contribution in [0.4, 0.5) is 4.79 Å². The summed E-state index contributed by atoms with van der Waals surface area (Å²) < 4.78 is 5.14. The highest BCUT2D eigenvalue weighted by Crippen LogP contribution is 2.16. The Balaban J connectivity index is 2.35. The Hall–Kier alpha value is -2.57. The average Bonchev–Trinajstić information content (AvgIpc) is 2.59. The van der Waals surface area contributed by atoms with Gasteiger partial charge in [0.2, 0.25) is 5.91 Å². The van der Waals surface area contributed by atoms with Gasteiger partial charge in [-0.15, -0.1) is 0 Å². The monoisotopic (exact) mass is 392 g/mol. The molecule has 0 heterocycles. The second kappa shape index (κ2) is 11.3. The minimum atomic E-state index is -0.971. The maximum atomic E-state index is 12.4. The fourth-order valence-corrected chi connectivity index (χ4v) is 2.65. The number of carbonyl (C=O) groups excluding carboxylic acids is 2. The normalized spacial score (nSPS) is 12.1. The predicted octanol–water partition coefficient (Wildman–Crippen LogP) is 3.43. The molecule has 0 radical (unpaired) electrons. The van der Waals surface area contributed by atoms with E-state index in [0.29, 0.717) is 32.4 Å². The summed E-state index contributed by atoms with van der Waals surface area (Å²) in [5.74, 6) is -1.89. The minimum Gasteiger partial charge on any atom is -0.481 e. The van der Waals surface area contributed by atoms with Crippen molar-refractivity contribution in [3.8, 4) is 0 Å². The van der Waals surface area contributed by atoms with Crippen LogP contribution in [0.5, 0.6) is 0 Å². The molecule has 0 saturated heterocycles. The molecule has 0 fully saturated rings. The summed E-state index contributed by atoms with van der Waals surface area (Å²) in [6, 6.07) is 9.56. The zero-order valence-electron chi connectivity index (χ0n) is 17.2. The summed E-state index contributed by atoms with van der Waals surface area (Å²) >= 11 is 0. The summed E-state index contributed by atoms with van der Waals surface area (Å²) in [7, 11) is 1.68. The van der Waals surface area contributed by atoms with Crippen molar-refractivity contribution in [2.75, 3.05) is 13.6 Å². The van der Waals surface area contributed by atoms with Crippen LogP contribution in [0.15, 0.2) is 30.3 Å². The zero-order chi connectivity index (χ0) is 21.2. The van der Waals surface area contributed by atoms with Crippen LogP contribution in [-0.4, -0.2) is 47.2 Å². The van der Waals surface area contributed by atoms with Crippen LogP contribution in [0, 0.1) is 5.92 Å². The zero-order valence-corrected chi connectivity index (χ0v) is 17.2. The molecule has 28 heavy (non-hydrogen) atoms. The Kier molecular flexibility index (Phi) is 9.48. The number of ether oxygens (including phenoxy) is 1. The van der Waals surface area contributed by atoms with Gasteiger partial charge in [-0.2, -0.15) is 0 Å². The van der Waals surface area contributed by atoms with Gasteiger partial charge in [-0.25, -0.2) is 4.79 Å². The van der Waals surface area contributed by atoms with Crippen LogP contribution in [0.1, 0.15) is 52.0 Å². The van der Waals surface area contributed by atoms with E-state index in [4.69, 9.17) is 4.74 Å². The van der Waals surface area contributed by atoms with Crippen molar-refractivity contribution < 1.29 is 24.2 Å². The van der Waals surface area contributed by atoms with E-state index in [9.17, 15) is 19.5 Å². The summed E-state index contributed by atoms with van der Waals surface area (Å²) in [5.41, 5.74) is 0.448. The van der Waals surface area contributed by atoms with Gasteiger partial charge in [0.25, 0.3) is 0 Å². The van der Waals surface area contributed by atoms with Gasteiger partial charge in [0.05, 0.1) is 5.92 Å². The second-order valence-electron chi connectivity index (χ2n) is 7.90. The van der Waals surface area contributed by atoms with Gasteiger partial charge in [-0.3, -0.25) is 9.59 Å². The molecule has 0 saturated carbocycles. The molecule has 156 valence electrons. The number of hydrogen-bond donors (Lipinski definition) is 2. The molecule has 7 heteroatoms. The number of carbonyl (C=O) groups is 3. The molecule has 0 unspecified atom stereocenters. The smallest absolute Gasteiger partial charge is 0.407 e. The topological polar surface area (TPSA) is 95.9 Å².